The highest BCUT2D eigenvalue weighted by Gasteiger charge is 2.09. The topological polar surface area (TPSA) is 38.0 Å². The second kappa shape index (κ2) is 5.63. The summed E-state index contributed by atoms with van der Waals surface area (Å²) < 4.78 is 14.7. The first-order chi connectivity index (χ1) is 8.49. The van der Waals surface area contributed by atoms with E-state index in [-0.39, 0.29) is 5.82 Å². The second-order valence-corrected chi connectivity index (χ2v) is 5.94. The summed E-state index contributed by atoms with van der Waals surface area (Å²) in [5, 5.41) is 3.62. The van der Waals surface area contributed by atoms with Crippen molar-refractivity contribution in [2.45, 2.75) is 0 Å². The fourth-order valence-electron chi connectivity index (χ4n) is 1.42. The van der Waals surface area contributed by atoms with Gasteiger partial charge in [0.05, 0.1) is 30.1 Å². The van der Waals surface area contributed by atoms with Gasteiger partial charge in [-0.2, -0.15) is 0 Å². The van der Waals surface area contributed by atoms with Gasteiger partial charge >= 0.3 is 0 Å². The van der Waals surface area contributed by atoms with Crippen LogP contribution < -0.4 is 11.1 Å². The summed E-state index contributed by atoms with van der Waals surface area (Å²) in [6, 6.07) is 8.33. The van der Waals surface area contributed by atoms with E-state index in [2.05, 4.69) is 21.2 Å². The van der Waals surface area contributed by atoms with Gasteiger partial charge in [-0.25, -0.2) is 4.39 Å². The van der Waals surface area contributed by atoms with E-state index in [4.69, 9.17) is 17.3 Å². The number of hydrogen-bond acceptors (Lipinski definition) is 2. The quantitative estimate of drug-likeness (QED) is 0.498. The molecule has 2 aromatic rings. The van der Waals surface area contributed by atoms with Crippen LogP contribution in [0.15, 0.2) is 34.8 Å². The maximum absolute atomic E-state index is 13.5. The van der Waals surface area contributed by atoms with Crippen molar-refractivity contribution >= 4 is 67.2 Å². The summed E-state index contributed by atoms with van der Waals surface area (Å²) in [7, 11) is 0. The molecule has 2 nitrogen and oxygen atoms in total. The predicted octanol–water partition coefficient (Wildman–Crippen LogP) is 5.17. The number of halogens is 4. The maximum Gasteiger partial charge on any atom is 0.138 e. The van der Waals surface area contributed by atoms with Gasteiger partial charge in [0.25, 0.3) is 0 Å². The van der Waals surface area contributed by atoms with Crippen molar-refractivity contribution in [1.29, 1.82) is 0 Å². The molecule has 2 aromatic carbocycles. The summed E-state index contributed by atoms with van der Waals surface area (Å²) in [5.41, 5.74) is 7.56. The number of rotatable bonds is 2. The van der Waals surface area contributed by atoms with Gasteiger partial charge in [-0.3, -0.25) is 0 Å². The molecular formula is C12H8BrClFIN2. The predicted molar refractivity (Wildman–Crippen MR) is 86.0 cm³/mol. The van der Waals surface area contributed by atoms with Crippen LogP contribution in [0, 0.1) is 9.39 Å². The van der Waals surface area contributed by atoms with E-state index < -0.39 is 0 Å². The minimum Gasteiger partial charge on any atom is -0.397 e. The maximum atomic E-state index is 13.5. The Morgan fingerprint density at radius 3 is 2.72 bits per heavy atom. The van der Waals surface area contributed by atoms with Gasteiger partial charge in [0.2, 0.25) is 0 Å². The average molecular weight is 441 g/mol. The lowest BCUT2D eigenvalue weighted by Gasteiger charge is -2.12. The van der Waals surface area contributed by atoms with Crippen molar-refractivity contribution in [2.75, 3.05) is 11.1 Å². The van der Waals surface area contributed by atoms with Gasteiger partial charge < -0.3 is 11.1 Å². The minimum atomic E-state index is -0.314. The van der Waals surface area contributed by atoms with Crippen molar-refractivity contribution in [1.82, 2.24) is 0 Å². The molecule has 0 unspecified atom stereocenters. The third-order valence-corrected chi connectivity index (χ3v) is 4.54. The number of nitrogens with one attached hydrogen (secondary N) is 1. The zero-order chi connectivity index (χ0) is 13.3. The van der Waals surface area contributed by atoms with Crippen molar-refractivity contribution < 1.29 is 4.39 Å². The number of anilines is 3. The van der Waals surface area contributed by atoms with E-state index in [1.165, 1.54) is 6.07 Å². The van der Waals surface area contributed by atoms with Gasteiger partial charge in [0, 0.05) is 6.07 Å². The first kappa shape index (κ1) is 13.9. The molecule has 3 N–H and O–H groups in total. The Hall–Kier alpha value is -0.530. The van der Waals surface area contributed by atoms with Crippen LogP contribution in [0.5, 0.6) is 0 Å². The highest BCUT2D eigenvalue weighted by atomic mass is 127. The van der Waals surface area contributed by atoms with E-state index in [1.807, 2.05) is 28.7 Å². The smallest absolute Gasteiger partial charge is 0.138 e. The summed E-state index contributed by atoms with van der Waals surface area (Å²) in [4.78, 5) is 0. The molecule has 0 radical (unpaired) electrons. The Morgan fingerprint density at radius 1 is 1.28 bits per heavy atom. The van der Waals surface area contributed by atoms with Crippen LogP contribution in [0.4, 0.5) is 21.5 Å². The lowest BCUT2D eigenvalue weighted by molar-refractivity contribution is 0.621. The summed E-state index contributed by atoms with van der Waals surface area (Å²) in [6.07, 6.45) is 0. The van der Waals surface area contributed by atoms with Crippen molar-refractivity contribution in [3.05, 3.63) is 49.2 Å². The molecule has 0 fully saturated rings. The van der Waals surface area contributed by atoms with E-state index in [0.29, 0.717) is 24.4 Å². The monoisotopic (exact) mass is 440 g/mol. The van der Waals surface area contributed by atoms with Crippen LogP contribution in [-0.2, 0) is 0 Å². The zero-order valence-electron chi connectivity index (χ0n) is 8.98. The summed E-state index contributed by atoms with van der Waals surface area (Å²) >= 11 is 11.2. The average Bonchev–Trinajstić information content (AvgIpc) is 2.32. The molecule has 0 aliphatic heterocycles. The minimum absolute atomic E-state index is 0.314. The largest absolute Gasteiger partial charge is 0.397 e. The molecular weight excluding hydrogens is 433 g/mol. The molecule has 94 valence electrons. The normalized spacial score (nSPS) is 10.4. The fraction of sp³-hybridized carbons (Fsp3) is 0. The highest BCUT2D eigenvalue weighted by molar-refractivity contribution is 14.1. The standard InChI is InChI=1S/C12H8BrClFIN2/c13-12-6(14)2-1-3-10(12)18-11-4-7(15)8(16)5-9(11)17/h1-5,18H,17H2. The van der Waals surface area contributed by atoms with Crippen LogP contribution in [-0.4, -0.2) is 0 Å². The summed E-state index contributed by atoms with van der Waals surface area (Å²) in [6.45, 7) is 0. The third-order valence-electron chi connectivity index (χ3n) is 2.31. The Morgan fingerprint density at radius 2 is 2.00 bits per heavy atom. The molecule has 0 saturated carbocycles. The second-order valence-electron chi connectivity index (χ2n) is 3.58. The molecule has 6 heteroatoms. The first-order valence-corrected chi connectivity index (χ1v) is 7.19. The Labute approximate surface area is 131 Å². The van der Waals surface area contributed by atoms with Crippen molar-refractivity contribution in [3.8, 4) is 0 Å². The van der Waals surface area contributed by atoms with Crippen molar-refractivity contribution in [3.63, 3.8) is 0 Å². The number of benzene rings is 2. The van der Waals surface area contributed by atoms with E-state index in [9.17, 15) is 4.39 Å². The molecule has 0 aliphatic rings. The van der Waals surface area contributed by atoms with E-state index in [1.54, 1.807) is 18.2 Å². The lowest BCUT2D eigenvalue weighted by Crippen LogP contribution is -1.99. The highest BCUT2D eigenvalue weighted by Crippen LogP contribution is 2.34. The lowest BCUT2D eigenvalue weighted by atomic mass is 10.2. The molecule has 0 bridgehead atoms. The Bertz CT molecular complexity index is 607. The van der Waals surface area contributed by atoms with Crippen LogP contribution in [0.2, 0.25) is 5.02 Å². The van der Waals surface area contributed by atoms with Gasteiger partial charge in [-0.15, -0.1) is 0 Å². The van der Waals surface area contributed by atoms with Crippen molar-refractivity contribution in [2.24, 2.45) is 0 Å². The van der Waals surface area contributed by atoms with E-state index in [0.717, 1.165) is 5.69 Å². The third kappa shape index (κ3) is 2.89. The Kier molecular flexibility index (Phi) is 4.34. The molecule has 0 saturated heterocycles. The molecule has 0 heterocycles. The number of nitrogens with two attached hydrogens (primary N) is 1. The van der Waals surface area contributed by atoms with Crippen LogP contribution in [0.25, 0.3) is 0 Å². The zero-order valence-corrected chi connectivity index (χ0v) is 13.5. The molecule has 0 aromatic heterocycles. The van der Waals surface area contributed by atoms with Crippen LogP contribution in [0.1, 0.15) is 0 Å². The molecule has 2 rings (SSSR count). The molecule has 18 heavy (non-hydrogen) atoms. The fourth-order valence-corrected chi connectivity index (χ4v) is 2.45. The first-order valence-electron chi connectivity index (χ1n) is 4.94. The molecule has 0 aliphatic carbocycles. The van der Waals surface area contributed by atoms with Gasteiger partial charge in [-0.1, -0.05) is 17.7 Å². The van der Waals surface area contributed by atoms with Crippen LogP contribution in [0.3, 0.4) is 0 Å². The molecule has 0 amide bonds. The number of nitrogen functional groups attached to an aromatic ring is 1. The Balaban J connectivity index is 2.40. The van der Waals surface area contributed by atoms with Gasteiger partial charge in [0.1, 0.15) is 5.82 Å². The number of hydrogen-bond donors (Lipinski definition) is 2. The molecule has 0 atom stereocenters. The molecule has 0 spiro atoms. The van der Waals surface area contributed by atoms with Gasteiger partial charge in [-0.05, 0) is 56.7 Å². The SMILES string of the molecule is Nc1cc(I)c(F)cc1Nc1cccc(Cl)c1Br. The van der Waals surface area contributed by atoms with Crippen LogP contribution >= 0.6 is 50.1 Å². The van der Waals surface area contributed by atoms with E-state index >= 15 is 0 Å². The summed E-state index contributed by atoms with van der Waals surface area (Å²) in [5.74, 6) is -0.314. The van der Waals surface area contributed by atoms with Gasteiger partial charge in [0.15, 0.2) is 0 Å².